The first kappa shape index (κ1) is 29.3. The fourth-order valence-electron chi connectivity index (χ4n) is 5.12. The van der Waals surface area contributed by atoms with Crippen LogP contribution in [0.25, 0.3) is 0 Å². The summed E-state index contributed by atoms with van der Waals surface area (Å²) in [5.74, 6) is -0.410. The zero-order chi connectivity index (χ0) is 26.9. The maximum Gasteiger partial charge on any atom is 0.311 e. The van der Waals surface area contributed by atoms with Crippen LogP contribution in [0.15, 0.2) is 72.8 Å². The second-order valence-electron chi connectivity index (χ2n) is 11.4. The van der Waals surface area contributed by atoms with Gasteiger partial charge < -0.3 is 19.0 Å². The number of hydrogen-bond donors (Lipinski definition) is 1. The van der Waals surface area contributed by atoms with E-state index in [1.165, 1.54) is 0 Å². The van der Waals surface area contributed by atoms with E-state index >= 15 is 0 Å². The Bertz CT molecular complexity index is 938. The van der Waals surface area contributed by atoms with E-state index in [9.17, 15) is 9.90 Å². The Kier molecular flexibility index (Phi) is 10.7. The molecule has 6 heteroatoms. The smallest absolute Gasteiger partial charge is 0.311 e. The first-order chi connectivity index (χ1) is 17.6. The molecule has 0 amide bonds. The van der Waals surface area contributed by atoms with Gasteiger partial charge in [-0.25, -0.2) is 0 Å². The molecular weight excluding hydrogens is 480 g/mol. The molecule has 2 aromatic rings. The van der Waals surface area contributed by atoms with Crippen molar-refractivity contribution in [3.63, 3.8) is 0 Å². The molecule has 5 nitrogen and oxygen atoms in total. The molecule has 0 radical (unpaired) electrons. The van der Waals surface area contributed by atoms with Gasteiger partial charge in [-0.1, -0.05) is 93.6 Å². The normalized spacial score (nSPS) is 18.3. The molecule has 3 rings (SSSR count). The van der Waals surface area contributed by atoms with Gasteiger partial charge in [0.25, 0.3) is 8.32 Å². The molecule has 0 bridgehead atoms. The molecular formula is C31H44O5Si. The van der Waals surface area contributed by atoms with Gasteiger partial charge in [-0.3, -0.25) is 4.79 Å². The number of hydrogen-bond acceptors (Lipinski definition) is 5. The van der Waals surface area contributed by atoms with Crippen molar-refractivity contribution in [2.24, 2.45) is 11.8 Å². The molecule has 1 aliphatic heterocycles. The fraction of sp³-hybridized carbons (Fsp3) is 0.516. The summed E-state index contributed by atoms with van der Waals surface area (Å²) in [6.45, 7) is 12.1. The van der Waals surface area contributed by atoms with E-state index in [1.54, 1.807) is 6.08 Å². The second kappa shape index (κ2) is 13.5. The molecule has 0 aliphatic carbocycles. The third-order valence-electron chi connectivity index (χ3n) is 6.98. The Morgan fingerprint density at radius 1 is 1.08 bits per heavy atom. The highest BCUT2D eigenvalue weighted by Gasteiger charge is 2.50. The Labute approximate surface area is 224 Å². The van der Waals surface area contributed by atoms with Crippen LogP contribution in [0, 0.1) is 11.8 Å². The molecule has 0 aromatic heterocycles. The minimum atomic E-state index is -2.81. The second-order valence-corrected chi connectivity index (χ2v) is 15.7. The van der Waals surface area contributed by atoms with Gasteiger partial charge in [0.15, 0.2) is 0 Å². The maximum absolute atomic E-state index is 13.2. The number of carbonyl (C=O) groups excluding carboxylic acids is 1. The highest BCUT2D eigenvalue weighted by Crippen LogP contribution is 2.37. The van der Waals surface area contributed by atoms with Crippen LogP contribution in [0.1, 0.15) is 53.9 Å². The molecule has 1 heterocycles. The molecule has 1 N–H and O–H groups in total. The topological polar surface area (TPSA) is 65.0 Å². The van der Waals surface area contributed by atoms with Gasteiger partial charge in [-0.15, -0.1) is 0 Å². The van der Waals surface area contributed by atoms with Gasteiger partial charge in [0.05, 0.1) is 18.1 Å². The summed E-state index contributed by atoms with van der Waals surface area (Å²) in [5, 5.41) is 12.9. The predicted octanol–water partition coefficient (Wildman–Crippen LogP) is 4.86. The van der Waals surface area contributed by atoms with E-state index in [2.05, 4.69) is 45.0 Å². The SMILES string of the molecule is CC(C)OC(=O)[C@H](CO[Si](c1ccccc1)(c1ccccc1)C(C)(C)C)C[C@@H](O)/C=C\C[C@H]1CCOC1. The minimum Gasteiger partial charge on any atom is -0.463 e. The highest BCUT2D eigenvalue weighted by molar-refractivity contribution is 6.99. The van der Waals surface area contributed by atoms with Gasteiger partial charge in [-0.2, -0.15) is 0 Å². The number of aliphatic hydroxyl groups is 1. The molecule has 3 atom stereocenters. The summed E-state index contributed by atoms with van der Waals surface area (Å²) < 4.78 is 18.1. The largest absolute Gasteiger partial charge is 0.463 e. The molecule has 1 saturated heterocycles. The lowest BCUT2D eigenvalue weighted by Gasteiger charge is -2.43. The van der Waals surface area contributed by atoms with Crippen molar-refractivity contribution in [3.8, 4) is 0 Å². The average molecular weight is 525 g/mol. The fourth-order valence-corrected chi connectivity index (χ4v) is 9.72. The number of esters is 1. The van der Waals surface area contributed by atoms with Gasteiger partial charge >= 0.3 is 5.97 Å². The molecule has 37 heavy (non-hydrogen) atoms. The number of allylic oxidation sites excluding steroid dienone is 1. The Morgan fingerprint density at radius 2 is 1.68 bits per heavy atom. The molecule has 1 fully saturated rings. The van der Waals surface area contributed by atoms with Crippen molar-refractivity contribution >= 4 is 24.7 Å². The van der Waals surface area contributed by atoms with Crippen LogP contribution in [-0.4, -0.2) is 51.4 Å². The predicted molar refractivity (Wildman–Crippen MR) is 152 cm³/mol. The van der Waals surface area contributed by atoms with Gasteiger partial charge in [0, 0.05) is 19.8 Å². The van der Waals surface area contributed by atoms with Crippen molar-refractivity contribution in [3.05, 3.63) is 72.8 Å². The van der Waals surface area contributed by atoms with Crippen LogP contribution in [0.5, 0.6) is 0 Å². The summed E-state index contributed by atoms with van der Waals surface area (Å²) in [6, 6.07) is 20.7. The van der Waals surface area contributed by atoms with Crippen LogP contribution < -0.4 is 10.4 Å². The Morgan fingerprint density at radius 3 is 2.16 bits per heavy atom. The van der Waals surface area contributed by atoms with E-state index < -0.39 is 20.3 Å². The zero-order valence-corrected chi connectivity index (χ0v) is 24.1. The van der Waals surface area contributed by atoms with Crippen LogP contribution in [0.3, 0.4) is 0 Å². The van der Waals surface area contributed by atoms with Crippen LogP contribution >= 0.6 is 0 Å². The molecule has 202 valence electrons. The van der Waals surface area contributed by atoms with Crippen molar-refractivity contribution in [2.75, 3.05) is 19.8 Å². The van der Waals surface area contributed by atoms with E-state index in [1.807, 2.05) is 56.3 Å². The average Bonchev–Trinajstić information content (AvgIpc) is 3.37. The lowest BCUT2D eigenvalue weighted by Crippen LogP contribution is -2.67. The highest BCUT2D eigenvalue weighted by atomic mass is 28.4. The first-order valence-corrected chi connectivity index (χ1v) is 15.4. The number of benzene rings is 2. The van der Waals surface area contributed by atoms with Crippen molar-refractivity contribution in [1.82, 2.24) is 0 Å². The lowest BCUT2D eigenvalue weighted by molar-refractivity contribution is -0.154. The maximum atomic E-state index is 13.2. The first-order valence-electron chi connectivity index (χ1n) is 13.5. The molecule has 0 unspecified atom stereocenters. The van der Waals surface area contributed by atoms with Crippen molar-refractivity contribution in [1.29, 1.82) is 0 Å². The standard InChI is InChI=1S/C31H44O5Si/c1-24(2)36-30(33)26(21-27(32)14-12-13-25-19-20-34-22-25)23-35-37(31(3,4)5,28-15-8-6-9-16-28)29-17-10-7-11-18-29/h6-12,14-18,24-27,32H,13,19-23H2,1-5H3/b14-12-/t25-,26-,27-/m0/s1. The van der Waals surface area contributed by atoms with Crippen LogP contribution in [0.4, 0.5) is 0 Å². The number of aliphatic hydroxyl groups excluding tert-OH is 1. The third kappa shape index (κ3) is 7.87. The van der Waals surface area contributed by atoms with Gasteiger partial charge in [0.2, 0.25) is 0 Å². The van der Waals surface area contributed by atoms with E-state index in [0.717, 1.165) is 36.4 Å². The van der Waals surface area contributed by atoms with E-state index in [4.69, 9.17) is 13.9 Å². The summed E-state index contributed by atoms with van der Waals surface area (Å²) >= 11 is 0. The Hall–Kier alpha value is -2.25. The van der Waals surface area contributed by atoms with Crippen LogP contribution in [0.2, 0.25) is 5.04 Å². The van der Waals surface area contributed by atoms with Crippen molar-refractivity contribution < 1.29 is 23.8 Å². The molecule has 0 spiro atoms. The number of rotatable bonds is 12. The summed E-state index contributed by atoms with van der Waals surface area (Å²) in [6.07, 6.45) is 5.00. The summed E-state index contributed by atoms with van der Waals surface area (Å²) in [5.41, 5.74) is 0. The van der Waals surface area contributed by atoms with Crippen LogP contribution in [-0.2, 0) is 18.7 Å². The lowest BCUT2D eigenvalue weighted by atomic mass is 10.0. The van der Waals surface area contributed by atoms with E-state index in [0.29, 0.717) is 5.92 Å². The third-order valence-corrected chi connectivity index (χ3v) is 12.0. The summed E-state index contributed by atoms with van der Waals surface area (Å²) in [7, 11) is -2.81. The van der Waals surface area contributed by atoms with Crippen molar-refractivity contribution in [2.45, 2.75) is 71.1 Å². The number of ether oxygens (including phenoxy) is 2. The minimum absolute atomic E-state index is 0.181. The number of carbonyl (C=O) groups is 1. The van der Waals surface area contributed by atoms with Gasteiger partial charge in [0.1, 0.15) is 0 Å². The molecule has 1 aliphatic rings. The molecule has 0 saturated carbocycles. The summed E-state index contributed by atoms with van der Waals surface area (Å²) in [4.78, 5) is 13.2. The zero-order valence-electron chi connectivity index (χ0n) is 23.1. The quantitative estimate of drug-likeness (QED) is 0.244. The monoisotopic (exact) mass is 524 g/mol. The van der Waals surface area contributed by atoms with E-state index in [-0.39, 0.29) is 30.1 Å². The Balaban J connectivity index is 1.87. The molecule has 2 aromatic carbocycles. The van der Waals surface area contributed by atoms with Gasteiger partial charge in [-0.05, 0) is 54.4 Å².